The first-order chi connectivity index (χ1) is 35.5. The highest BCUT2D eigenvalue weighted by atomic mass is 16.8. The summed E-state index contributed by atoms with van der Waals surface area (Å²) in [6.45, 7) is 13.0. The molecular formula is C53H82O23. The van der Waals surface area contributed by atoms with Gasteiger partial charge in [-0.1, -0.05) is 53.2 Å². The zero-order chi connectivity index (χ0) is 55.6. The van der Waals surface area contributed by atoms with Gasteiger partial charge in [-0.25, -0.2) is 4.79 Å². The van der Waals surface area contributed by atoms with Gasteiger partial charge in [-0.15, -0.1) is 0 Å². The topological polar surface area (TPSA) is 368 Å². The van der Waals surface area contributed by atoms with Gasteiger partial charge in [-0.3, -0.25) is 4.79 Å². The largest absolute Gasteiger partial charge is 0.481 e. The first kappa shape index (κ1) is 58.3. The van der Waals surface area contributed by atoms with Crippen LogP contribution in [0.5, 0.6) is 0 Å². The van der Waals surface area contributed by atoms with Crippen molar-refractivity contribution in [2.75, 3.05) is 13.2 Å². The van der Waals surface area contributed by atoms with Gasteiger partial charge in [0, 0.05) is 0 Å². The molecule has 4 aliphatic heterocycles. The molecule has 23 nitrogen and oxygen atoms in total. The number of aliphatic hydroxyl groups excluding tert-OH is 10. The van der Waals surface area contributed by atoms with Gasteiger partial charge in [0.25, 0.3) is 0 Å². The van der Waals surface area contributed by atoms with Crippen LogP contribution in [0.25, 0.3) is 0 Å². The second-order valence-corrected chi connectivity index (χ2v) is 25.5. The Morgan fingerprint density at radius 2 is 1.26 bits per heavy atom. The van der Waals surface area contributed by atoms with Crippen LogP contribution in [0.2, 0.25) is 0 Å². The lowest BCUT2D eigenvalue weighted by atomic mass is 9.33. The van der Waals surface area contributed by atoms with Crippen LogP contribution in [0.1, 0.15) is 113 Å². The summed E-state index contributed by atoms with van der Waals surface area (Å²) in [5.74, 6) is -2.74. The van der Waals surface area contributed by atoms with Gasteiger partial charge in [0.2, 0.25) is 0 Å². The van der Waals surface area contributed by atoms with Crippen LogP contribution in [-0.4, -0.2) is 216 Å². The lowest BCUT2D eigenvalue weighted by Crippen LogP contribution is -2.69. The van der Waals surface area contributed by atoms with Crippen molar-refractivity contribution in [3.63, 3.8) is 0 Å². The molecule has 4 saturated heterocycles. The minimum absolute atomic E-state index is 0.0147. The van der Waals surface area contributed by atoms with Gasteiger partial charge in [0.1, 0.15) is 85.6 Å². The smallest absolute Gasteiger partial charge is 0.335 e. The van der Waals surface area contributed by atoms with E-state index in [2.05, 4.69) is 40.7 Å². The summed E-state index contributed by atoms with van der Waals surface area (Å²) in [5.41, 5.74) is -1.84. The van der Waals surface area contributed by atoms with E-state index in [9.17, 15) is 75.7 Å². The second-order valence-electron chi connectivity index (χ2n) is 25.5. The third-order valence-corrected chi connectivity index (χ3v) is 21.0. The molecule has 0 amide bonds. The van der Waals surface area contributed by atoms with Crippen molar-refractivity contribution >= 4 is 18.2 Å². The molecule has 0 spiro atoms. The molecule has 0 aromatic carbocycles. The lowest BCUT2D eigenvalue weighted by molar-refractivity contribution is -0.389. The van der Waals surface area contributed by atoms with E-state index < -0.39 is 164 Å². The van der Waals surface area contributed by atoms with Crippen molar-refractivity contribution < 1.29 is 114 Å². The fourth-order valence-corrected chi connectivity index (χ4v) is 16.1. The molecule has 4 heterocycles. The van der Waals surface area contributed by atoms with Crippen LogP contribution in [-0.2, 0) is 52.3 Å². The molecule has 4 saturated carbocycles. The molecule has 23 heteroatoms. The maximum atomic E-state index is 13.8. The molecule has 0 radical (unpaired) electrons. The highest BCUT2D eigenvalue weighted by molar-refractivity contribution is 5.77. The first-order valence-electron chi connectivity index (χ1n) is 27.1. The Bertz CT molecular complexity index is 2180. The minimum atomic E-state index is -2.17. The number of aliphatic carboxylic acids is 2. The van der Waals surface area contributed by atoms with E-state index in [1.165, 1.54) is 12.5 Å². The van der Waals surface area contributed by atoms with E-state index in [4.69, 9.17) is 37.9 Å². The highest BCUT2D eigenvalue weighted by Crippen LogP contribution is 2.76. The average Bonchev–Trinajstić information content (AvgIpc) is 3.55. The fraction of sp³-hybridized carbons (Fsp3) is 0.906. The number of allylic oxidation sites excluding steroid dienone is 2. The summed E-state index contributed by atoms with van der Waals surface area (Å²) in [7, 11) is 0. The molecule has 0 aromatic rings. The Labute approximate surface area is 441 Å². The van der Waals surface area contributed by atoms with Crippen LogP contribution in [0.4, 0.5) is 0 Å². The molecule has 0 bridgehead atoms. The molecule has 9 aliphatic rings. The van der Waals surface area contributed by atoms with E-state index >= 15 is 0 Å². The van der Waals surface area contributed by atoms with Crippen LogP contribution >= 0.6 is 0 Å². The van der Waals surface area contributed by atoms with E-state index in [-0.39, 0.29) is 40.4 Å². The van der Waals surface area contributed by atoms with Crippen LogP contribution in [0.3, 0.4) is 0 Å². The number of ether oxygens (including phenoxy) is 8. The molecule has 5 aliphatic carbocycles. The quantitative estimate of drug-likeness (QED) is 0.0664. The molecule has 28 atom stereocenters. The van der Waals surface area contributed by atoms with E-state index in [1.54, 1.807) is 6.92 Å². The number of carboxylic acids is 2. The Hall–Kier alpha value is -2.37. The summed E-state index contributed by atoms with van der Waals surface area (Å²) in [4.78, 5) is 40.4. The third kappa shape index (κ3) is 9.24. The molecular weight excluding hydrogens is 1000 g/mol. The number of hydrogen-bond acceptors (Lipinski definition) is 21. The number of rotatable bonds is 12. The van der Waals surface area contributed by atoms with Gasteiger partial charge in [0.15, 0.2) is 31.3 Å². The van der Waals surface area contributed by atoms with E-state index in [0.29, 0.717) is 32.1 Å². The molecule has 9 rings (SSSR count). The predicted octanol–water partition coefficient (Wildman–Crippen LogP) is -0.532. The van der Waals surface area contributed by atoms with Crippen molar-refractivity contribution in [2.24, 2.45) is 50.2 Å². The number of carboxylic acid groups (broad SMARTS) is 2. The summed E-state index contributed by atoms with van der Waals surface area (Å²) < 4.78 is 47.3. The standard InChI is InChI=1S/C53H82O23/c1-22-30(57)32(59)34(61)44(70-22)73-38-25(56)20-69-43(36(38)63)75-40-39(74-45-35(62)33(60)31(58)26(19-54)71-45)37(64)46(76-41(40)42(65)66)72-29-11-12-49(4)27(50(29,5)21-55)10-13-52(7)28(49)9-8-23-24-18-48(2,3)14-16-53(24,47(67)68)17-15-51(23,52)6/h8,21-22,24-41,43-46,54,56-64H,9-20H2,1-7H3,(H,65,66)(H,67,68)/t22-,24+,25+,26+,27+,28+,29+,30-,31-,32+,33+,34+,35+,36+,37+,38-,39-,40-,41-,43-,44-,45+,46-,49+,50-,51+,52+,53-/m0/s1. The molecule has 12 N–H and O–H groups in total. The molecule has 76 heavy (non-hydrogen) atoms. The maximum Gasteiger partial charge on any atom is 0.335 e. The van der Waals surface area contributed by atoms with Crippen molar-refractivity contribution in [2.45, 2.75) is 235 Å². The average molecular weight is 1090 g/mol. The van der Waals surface area contributed by atoms with Crippen molar-refractivity contribution in [3.8, 4) is 0 Å². The fourth-order valence-electron chi connectivity index (χ4n) is 16.1. The Morgan fingerprint density at radius 3 is 1.91 bits per heavy atom. The minimum Gasteiger partial charge on any atom is -0.481 e. The number of carbonyl (C=O) groups excluding carboxylic acids is 1. The predicted molar refractivity (Wildman–Crippen MR) is 257 cm³/mol. The van der Waals surface area contributed by atoms with Gasteiger partial charge in [-0.2, -0.15) is 0 Å². The van der Waals surface area contributed by atoms with Crippen molar-refractivity contribution in [1.29, 1.82) is 0 Å². The highest BCUT2D eigenvalue weighted by Gasteiger charge is 2.71. The van der Waals surface area contributed by atoms with E-state index in [1.807, 2.05) is 0 Å². The normalized spacial score (nSPS) is 54.2. The Balaban J connectivity index is 0.990. The maximum absolute atomic E-state index is 13.8. The second kappa shape index (κ2) is 20.9. The van der Waals surface area contributed by atoms with Gasteiger partial charge < -0.3 is 104 Å². The van der Waals surface area contributed by atoms with Crippen LogP contribution in [0, 0.1) is 50.2 Å². The summed E-state index contributed by atoms with van der Waals surface area (Å²) in [5, 5.41) is 130. The Morgan fingerprint density at radius 1 is 0.658 bits per heavy atom. The molecule has 0 unspecified atom stereocenters. The molecule has 8 fully saturated rings. The summed E-state index contributed by atoms with van der Waals surface area (Å²) in [6, 6.07) is 0. The number of hydrogen-bond donors (Lipinski definition) is 12. The summed E-state index contributed by atoms with van der Waals surface area (Å²) in [6.07, 6.45) is -26.3. The number of aldehydes is 1. The molecule has 432 valence electrons. The number of fused-ring (bicyclic) bond motifs is 7. The SMILES string of the molecule is C[C@@H]1O[C@@H](O[C@@H]2[C@@H](O)[C@H](O[C@H]3[C@@H](O[C@H]4O[C@H](CO)[C@H](O)[C@@H](O)[C@H]4O)[C@@H](O)[C@@H](O[C@@H]4CC[C@@]5(C)[C@H]6CC=C7[C@H]8CC(C)(C)CC[C@]8(C(=O)O)CC[C@@]7(C)[C@]6(C)CC[C@H]5[C@]4(C)C=O)O[C@@H]3C(=O)O)OC[C@H]2O)[C@H](O)[C@H](O)[C@H]1O. The Kier molecular flexibility index (Phi) is 16.0. The molecule has 0 aromatic heterocycles. The third-order valence-electron chi connectivity index (χ3n) is 21.0. The zero-order valence-corrected chi connectivity index (χ0v) is 44.3. The van der Waals surface area contributed by atoms with Gasteiger partial charge >= 0.3 is 11.9 Å². The van der Waals surface area contributed by atoms with E-state index in [0.717, 1.165) is 32.0 Å². The number of aliphatic hydroxyl groups is 10. The van der Waals surface area contributed by atoms with Gasteiger partial charge in [0.05, 0.1) is 36.3 Å². The van der Waals surface area contributed by atoms with Crippen LogP contribution in [0.15, 0.2) is 11.6 Å². The first-order valence-corrected chi connectivity index (χ1v) is 27.1. The van der Waals surface area contributed by atoms with Crippen molar-refractivity contribution in [3.05, 3.63) is 11.6 Å². The lowest BCUT2D eigenvalue weighted by Gasteiger charge is -2.71. The summed E-state index contributed by atoms with van der Waals surface area (Å²) >= 11 is 0. The van der Waals surface area contributed by atoms with Gasteiger partial charge in [-0.05, 0) is 111 Å². The zero-order valence-electron chi connectivity index (χ0n) is 44.3. The van der Waals surface area contributed by atoms with Crippen molar-refractivity contribution in [1.82, 2.24) is 0 Å². The van der Waals surface area contributed by atoms with Crippen LogP contribution < -0.4 is 0 Å². The monoisotopic (exact) mass is 1090 g/mol. The number of carbonyl (C=O) groups is 3.